The molecule has 4 aliphatic rings. The van der Waals surface area contributed by atoms with Crippen LogP contribution < -0.4 is 16.0 Å². The Morgan fingerprint density at radius 1 is 1.31 bits per heavy atom. The number of hydrogen-bond acceptors (Lipinski definition) is 7. The second-order valence-corrected chi connectivity index (χ2v) is 8.45. The number of rotatable bonds is 4. The molecule has 8 nitrogen and oxygen atoms in total. The van der Waals surface area contributed by atoms with Gasteiger partial charge in [-0.15, -0.1) is 0 Å². The summed E-state index contributed by atoms with van der Waals surface area (Å²) in [4.78, 5) is 19.9. The first-order valence-corrected chi connectivity index (χ1v) is 11.0. The van der Waals surface area contributed by atoms with Gasteiger partial charge in [-0.25, -0.2) is 4.39 Å². The maximum absolute atomic E-state index is 13.6. The number of carbonyl (C=O) groups excluding carboxylic acids is 1. The average molecular weight is 459 g/mol. The average Bonchev–Trinajstić information content (AvgIpc) is 3.35. The highest BCUT2D eigenvalue weighted by molar-refractivity contribution is 6.32. The number of allylic oxidation sites excluding steroid dienone is 1. The van der Waals surface area contributed by atoms with E-state index in [0.717, 1.165) is 43.0 Å². The molecular formula is C22H24ClFN6O2. The quantitative estimate of drug-likeness (QED) is 0.642. The van der Waals surface area contributed by atoms with Gasteiger partial charge in [-0.2, -0.15) is 0 Å². The summed E-state index contributed by atoms with van der Waals surface area (Å²) in [5.41, 5.74) is 3.09. The number of aliphatic imine (C=N–C) groups is 1. The molecule has 1 aromatic carbocycles. The summed E-state index contributed by atoms with van der Waals surface area (Å²) in [6, 6.07) is 4.59. The lowest BCUT2D eigenvalue weighted by atomic mass is 10.0. The zero-order chi connectivity index (χ0) is 22.2. The van der Waals surface area contributed by atoms with Crippen molar-refractivity contribution in [2.45, 2.75) is 38.4 Å². The normalized spacial score (nSPS) is 24.8. The predicted molar refractivity (Wildman–Crippen MR) is 119 cm³/mol. The first kappa shape index (κ1) is 20.8. The van der Waals surface area contributed by atoms with E-state index in [4.69, 9.17) is 16.3 Å². The lowest BCUT2D eigenvalue weighted by Gasteiger charge is -2.34. The Bertz CT molecular complexity index is 1050. The van der Waals surface area contributed by atoms with Crippen LogP contribution in [0.5, 0.6) is 0 Å². The number of fused-ring (bicyclic) bond motifs is 1. The number of benzene rings is 1. The smallest absolute Gasteiger partial charge is 0.254 e. The molecule has 2 atom stereocenters. The molecule has 0 saturated carbocycles. The van der Waals surface area contributed by atoms with Crippen LogP contribution in [0.1, 0.15) is 25.3 Å². The fourth-order valence-corrected chi connectivity index (χ4v) is 4.62. The van der Waals surface area contributed by atoms with E-state index in [1.807, 2.05) is 22.1 Å². The van der Waals surface area contributed by atoms with E-state index in [1.165, 1.54) is 12.1 Å². The van der Waals surface area contributed by atoms with Crippen LogP contribution in [0.25, 0.3) is 5.70 Å². The van der Waals surface area contributed by atoms with Crippen LogP contribution >= 0.6 is 11.6 Å². The van der Waals surface area contributed by atoms with Crippen molar-refractivity contribution in [3.63, 3.8) is 0 Å². The van der Waals surface area contributed by atoms with Crippen LogP contribution in [-0.2, 0) is 9.53 Å². The summed E-state index contributed by atoms with van der Waals surface area (Å²) in [5.74, 6) is -0.275. The summed E-state index contributed by atoms with van der Waals surface area (Å²) in [5, 5.41) is 10.6. The van der Waals surface area contributed by atoms with Gasteiger partial charge < -0.3 is 20.3 Å². The number of halogens is 2. The summed E-state index contributed by atoms with van der Waals surface area (Å²) < 4.78 is 19.3. The minimum absolute atomic E-state index is 0.116. The molecule has 1 fully saturated rings. The maximum atomic E-state index is 13.6. The minimum atomic E-state index is -0.398. The Morgan fingerprint density at radius 2 is 2.12 bits per heavy atom. The molecule has 1 aromatic rings. The molecule has 168 valence electrons. The number of nitrogens with zero attached hydrogens (tertiary/aromatic N) is 3. The second kappa shape index (κ2) is 8.48. The van der Waals surface area contributed by atoms with E-state index in [-0.39, 0.29) is 18.2 Å². The number of likely N-dealkylation sites (tertiary alicyclic amines) is 1. The van der Waals surface area contributed by atoms with Crippen LogP contribution in [0.3, 0.4) is 0 Å². The van der Waals surface area contributed by atoms with Gasteiger partial charge in [0.1, 0.15) is 12.1 Å². The Kier molecular flexibility index (Phi) is 5.52. The Hall–Kier alpha value is -3.04. The molecule has 0 aliphatic carbocycles. The molecule has 5 rings (SSSR count). The van der Waals surface area contributed by atoms with Crippen LogP contribution in [0.15, 0.2) is 53.1 Å². The molecule has 0 aromatic heterocycles. The van der Waals surface area contributed by atoms with Crippen LogP contribution in [0.4, 0.5) is 4.39 Å². The molecule has 0 radical (unpaired) electrons. The van der Waals surface area contributed by atoms with E-state index in [1.54, 1.807) is 25.5 Å². The van der Waals surface area contributed by atoms with Crippen molar-refractivity contribution in [2.24, 2.45) is 4.99 Å². The van der Waals surface area contributed by atoms with Gasteiger partial charge in [0, 0.05) is 44.0 Å². The highest BCUT2D eigenvalue weighted by Gasteiger charge is 2.38. The van der Waals surface area contributed by atoms with Crippen molar-refractivity contribution in [3.05, 3.63) is 64.5 Å². The minimum Gasteiger partial charge on any atom is -0.458 e. The maximum Gasteiger partial charge on any atom is 0.254 e. The monoisotopic (exact) mass is 458 g/mol. The van der Waals surface area contributed by atoms with Crippen LogP contribution in [0.2, 0.25) is 5.02 Å². The van der Waals surface area contributed by atoms with Gasteiger partial charge in [0.25, 0.3) is 6.35 Å². The molecule has 10 heteroatoms. The topological polar surface area (TPSA) is 81.2 Å². The van der Waals surface area contributed by atoms with Crippen molar-refractivity contribution in [1.82, 2.24) is 25.8 Å². The number of carbonyl (C=O) groups is 1. The van der Waals surface area contributed by atoms with E-state index in [2.05, 4.69) is 20.9 Å². The van der Waals surface area contributed by atoms with Gasteiger partial charge in [0.05, 0.1) is 22.1 Å². The zero-order valence-electron chi connectivity index (χ0n) is 17.5. The van der Waals surface area contributed by atoms with Crippen molar-refractivity contribution < 1.29 is 13.9 Å². The summed E-state index contributed by atoms with van der Waals surface area (Å²) in [6.07, 6.45) is 8.15. The molecular weight excluding hydrogens is 435 g/mol. The molecule has 0 spiro atoms. The van der Waals surface area contributed by atoms with Gasteiger partial charge in [-0.3, -0.25) is 20.0 Å². The number of ether oxygens (including phenoxy) is 1. The molecule has 1 saturated heterocycles. The lowest BCUT2D eigenvalue weighted by Crippen LogP contribution is -2.52. The van der Waals surface area contributed by atoms with Gasteiger partial charge in [0.2, 0.25) is 5.91 Å². The summed E-state index contributed by atoms with van der Waals surface area (Å²) in [6.45, 7) is 3.09. The lowest BCUT2D eigenvalue weighted by molar-refractivity contribution is -0.129. The van der Waals surface area contributed by atoms with Crippen molar-refractivity contribution in [1.29, 1.82) is 0 Å². The predicted octanol–water partition coefficient (Wildman–Crippen LogP) is 2.28. The number of amides is 1. The standard InChI is InChI=1S/C22H24ClFN6O2/c1-13(31)29-8-5-15(6-9-29)26-21-25-7-4-18(27-21)20-19(28-22-30(20)10-11-32-22)16-3-2-14(24)12-17(16)23/h2-4,7,10-12,15,21-22,26-28H,5-6,8-9H2,1H3. The van der Waals surface area contributed by atoms with E-state index < -0.39 is 12.2 Å². The van der Waals surface area contributed by atoms with Gasteiger partial charge in [-0.05, 0) is 37.1 Å². The number of piperidine rings is 1. The molecule has 32 heavy (non-hydrogen) atoms. The van der Waals surface area contributed by atoms with Crippen molar-refractivity contribution in [3.8, 4) is 0 Å². The Labute approximate surface area is 190 Å². The highest BCUT2D eigenvalue weighted by Crippen LogP contribution is 2.37. The number of nitrogens with one attached hydrogen (secondary N) is 3. The Morgan fingerprint density at radius 3 is 2.88 bits per heavy atom. The van der Waals surface area contributed by atoms with Crippen molar-refractivity contribution in [2.75, 3.05) is 13.1 Å². The van der Waals surface area contributed by atoms with E-state index in [9.17, 15) is 9.18 Å². The fraction of sp³-hybridized carbons (Fsp3) is 0.364. The van der Waals surface area contributed by atoms with Crippen LogP contribution in [0, 0.1) is 5.82 Å². The molecule has 4 aliphatic heterocycles. The molecule has 2 unspecified atom stereocenters. The number of hydrogen-bond donors (Lipinski definition) is 3. The Balaban J connectivity index is 1.36. The highest BCUT2D eigenvalue weighted by atomic mass is 35.5. The molecule has 3 N–H and O–H groups in total. The summed E-state index contributed by atoms with van der Waals surface area (Å²) >= 11 is 6.36. The van der Waals surface area contributed by atoms with Crippen molar-refractivity contribution >= 4 is 29.4 Å². The fourth-order valence-electron chi connectivity index (χ4n) is 4.36. The zero-order valence-corrected chi connectivity index (χ0v) is 18.3. The first-order chi connectivity index (χ1) is 15.5. The largest absolute Gasteiger partial charge is 0.458 e. The van der Waals surface area contributed by atoms with E-state index >= 15 is 0 Å². The van der Waals surface area contributed by atoms with Crippen LogP contribution in [-0.4, -0.2) is 53.7 Å². The third-order valence-corrected chi connectivity index (χ3v) is 6.32. The molecule has 1 amide bonds. The van der Waals surface area contributed by atoms with Gasteiger partial charge in [-0.1, -0.05) is 11.6 Å². The third kappa shape index (κ3) is 3.93. The second-order valence-electron chi connectivity index (χ2n) is 8.05. The first-order valence-electron chi connectivity index (χ1n) is 10.6. The van der Waals surface area contributed by atoms with Gasteiger partial charge in [0.15, 0.2) is 6.29 Å². The summed E-state index contributed by atoms with van der Waals surface area (Å²) in [7, 11) is 0. The molecule has 4 heterocycles. The SMILES string of the molecule is CC(=O)N1CCC(NC2N=CC=C(C3=C(c4ccc(F)cc4Cl)NC4OC=CN34)N2)CC1. The van der Waals surface area contributed by atoms with E-state index in [0.29, 0.717) is 10.6 Å². The van der Waals surface area contributed by atoms with Gasteiger partial charge >= 0.3 is 0 Å². The third-order valence-electron chi connectivity index (χ3n) is 6.00. The molecule has 0 bridgehead atoms.